The Labute approximate surface area is 77.6 Å². The second-order valence-electron chi connectivity index (χ2n) is 3.64. The molecule has 2 heteroatoms. The van der Waals surface area contributed by atoms with Gasteiger partial charge in [-0.2, -0.15) is 0 Å². The molecule has 1 aliphatic carbocycles. The molecule has 12 heavy (non-hydrogen) atoms. The molecular formula is C10H14OS. The quantitative estimate of drug-likeness (QED) is 0.620. The predicted molar refractivity (Wildman–Crippen MR) is 52.1 cm³/mol. The van der Waals surface area contributed by atoms with Crippen LogP contribution >= 0.6 is 11.8 Å². The van der Waals surface area contributed by atoms with Crippen LogP contribution in [0.4, 0.5) is 0 Å². The molecule has 0 aromatic carbocycles. The van der Waals surface area contributed by atoms with E-state index in [0.717, 1.165) is 5.92 Å². The molecular weight excluding hydrogens is 168 g/mol. The topological polar surface area (TPSA) is 17.1 Å². The van der Waals surface area contributed by atoms with Crippen molar-refractivity contribution in [1.29, 1.82) is 0 Å². The number of allylic oxidation sites excluding steroid dienone is 2. The highest BCUT2D eigenvalue weighted by molar-refractivity contribution is 8.04. The van der Waals surface area contributed by atoms with Gasteiger partial charge < -0.3 is 0 Å². The van der Waals surface area contributed by atoms with Gasteiger partial charge in [-0.15, -0.1) is 11.8 Å². The maximum atomic E-state index is 11.0. The van der Waals surface area contributed by atoms with E-state index in [1.54, 1.807) is 11.8 Å². The van der Waals surface area contributed by atoms with E-state index in [4.69, 9.17) is 0 Å². The molecule has 1 heterocycles. The highest BCUT2D eigenvalue weighted by atomic mass is 32.2. The summed E-state index contributed by atoms with van der Waals surface area (Å²) < 4.78 is 0. The Bertz CT molecular complexity index is 214. The molecule has 1 aliphatic heterocycles. The van der Waals surface area contributed by atoms with Gasteiger partial charge in [-0.05, 0) is 29.7 Å². The van der Waals surface area contributed by atoms with Gasteiger partial charge in [0.05, 0.1) is 5.75 Å². The van der Waals surface area contributed by atoms with Gasteiger partial charge in [0.2, 0.25) is 0 Å². The third-order valence-corrected chi connectivity index (χ3v) is 3.91. The molecule has 0 unspecified atom stereocenters. The molecule has 2 rings (SSSR count). The van der Waals surface area contributed by atoms with Crippen LogP contribution in [0.3, 0.4) is 0 Å². The highest BCUT2D eigenvalue weighted by Gasteiger charge is 2.22. The average molecular weight is 182 g/mol. The van der Waals surface area contributed by atoms with E-state index in [0.29, 0.717) is 11.5 Å². The largest absolute Gasteiger partial charge is 0.294 e. The SMILES string of the molecule is O=C1C=C(C2CCCCC2)SC1. The van der Waals surface area contributed by atoms with Crippen molar-refractivity contribution in [2.45, 2.75) is 32.1 Å². The van der Waals surface area contributed by atoms with Crippen LogP contribution in [0, 0.1) is 5.92 Å². The average Bonchev–Trinajstić information content (AvgIpc) is 2.54. The summed E-state index contributed by atoms with van der Waals surface area (Å²) in [7, 11) is 0. The number of thioether (sulfide) groups is 1. The van der Waals surface area contributed by atoms with E-state index < -0.39 is 0 Å². The monoisotopic (exact) mass is 182 g/mol. The molecule has 0 aromatic heterocycles. The fourth-order valence-corrected chi connectivity index (χ4v) is 3.10. The maximum absolute atomic E-state index is 11.0. The van der Waals surface area contributed by atoms with E-state index >= 15 is 0 Å². The Hall–Kier alpha value is -0.240. The standard InChI is InChI=1S/C10H14OS/c11-9-6-10(12-7-9)8-4-2-1-3-5-8/h6,8H,1-5,7H2. The van der Waals surface area contributed by atoms with Crippen LogP contribution in [-0.2, 0) is 4.79 Å². The molecule has 1 fully saturated rings. The van der Waals surface area contributed by atoms with Gasteiger partial charge in [0.15, 0.2) is 5.78 Å². The third kappa shape index (κ3) is 1.74. The molecule has 0 bridgehead atoms. The van der Waals surface area contributed by atoms with Crippen LogP contribution in [0.25, 0.3) is 0 Å². The van der Waals surface area contributed by atoms with Gasteiger partial charge in [0.1, 0.15) is 0 Å². The zero-order valence-electron chi connectivity index (χ0n) is 7.21. The number of hydrogen-bond donors (Lipinski definition) is 0. The Kier molecular flexibility index (Phi) is 2.54. The first-order chi connectivity index (χ1) is 5.86. The molecule has 1 nitrogen and oxygen atoms in total. The number of hydrogen-bond acceptors (Lipinski definition) is 2. The summed E-state index contributed by atoms with van der Waals surface area (Å²) in [5.41, 5.74) is 0. The fraction of sp³-hybridized carbons (Fsp3) is 0.700. The molecule has 0 spiro atoms. The van der Waals surface area contributed by atoms with Gasteiger partial charge >= 0.3 is 0 Å². The Balaban J connectivity index is 1.99. The van der Waals surface area contributed by atoms with Crippen LogP contribution in [0.15, 0.2) is 11.0 Å². The van der Waals surface area contributed by atoms with Crippen LogP contribution in [0.5, 0.6) is 0 Å². The third-order valence-electron chi connectivity index (χ3n) is 2.69. The lowest BCUT2D eigenvalue weighted by Crippen LogP contribution is -2.06. The van der Waals surface area contributed by atoms with Crippen molar-refractivity contribution in [1.82, 2.24) is 0 Å². The first kappa shape index (κ1) is 8.36. The van der Waals surface area contributed by atoms with Crippen LogP contribution in [0.1, 0.15) is 32.1 Å². The summed E-state index contributed by atoms with van der Waals surface area (Å²) >= 11 is 1.77. The normalized spacial score (nSPS) is 26.0. The summed E-state index contributed by atoms with van der Waals surface area (Å²) in [5.74, 6) is 1.75. The maximum Gasteiger partial charge on any atom is 0.166 e. The van der Waals surface area contributed by atoms with E-state index in [9.17, 15) is 4.79 Å². The van der Waals surface area contributed by atoms with Crippen LogP contribution in [-0.4, -0.2) is 11.5 Å². The van der Waals surface area contributed by atoms with Crippen molar-refractivity contribution in [2.24, 2.45) is 5.92 Å². The lowest BCUT2D eigenvalue weighted by atomic mass is 9.89. The molecule has 1 saturated carbocycles. The van der Waals surface area contributed by atoms with Gasteiger partial charge in [0, 0.05) is 0 Å². The van der Waals surface area contributed by atoms with Crippen molar-refractivity contribution < 1.29 is 4.79 Å². The van der Waals surface area contributed by atoms with Crippen LogP contribution in [0.2, 0.25) is 0 Å². The van der Waals surface area contributed by atoms with Crippen LogP contribution < -0.4 is 0 Å². The molecule has 0 amide bonds. The molecule has 0 aromatic rings. The summed E-state index contributed by atoms with van der Waals surface area (Å²) in [6, 6.07) is 0. The molecule has 2 aliphatic rings. The first-order valence-electron chi connectivity index (χ1n) is 4.73. The lowest BCUT2D eigenvalue weighted by molar-refractivity contribution is -0.112. The first-order valence-corrected chi connectivity index (χ1v) is 5.72. The lowest BCUT2D eigenvalue weighted by Gasteiger charge is -2.21. The van der Waals surface area contributed by atoms with E-state index in [1.165, 1.54) is 37.0 Å². The van der Waals surface area contributed by atoms with Gasteiger partial charge in [0.25, 0.3) is 0 Å². The van der Waals surface area contributed by atoms with Crippen molar-refractivity contribution in [3.63, 3.8) is 0 Å². The summed E-state index contributed by atoms with van der Waals surface area (Å²) in [5, 5.41) is 0. The minimum absolute atomic E-state index is 0.320. The molecule has 0 N–H and O–H groups in total. The molecule has 66 valence electrons. The number of carbonyl (C=O) groups is 1. The highest BCUT2D eigenvalue weighted by Crippen LogP contribution is 2.38. The second kappa shape index (κ2) is 3.65. The zero-order valence-corrected chi connectivity index (χ0v) is 8.03. The minimum Gasteiger partial charge on any atom is -0.294 e. The summed E-state index contributed by atoms with van der Waals surface area (Å²) in [4.78, 5) is 12.4. The second-order valence-corrected chi connectivity index (χ2v) is 4.69. The number of rotatable bonds is 1. The van der Waals surface area contributed by atoms with Gasteiger partial charge in [-0.1, -0.05) is 19.3 Å². The van der Waals surface area contributed by atoms with Crippen molar-refractivity contribution >= 4 is 17.5 Å². The van der Waals surface area contributed by atoms with E-state index in [2.05, 4.69) is 0 Å². The summed E-state index contributed by atoms with van der Waals surface area (Å²) in [6.07, 6.45) is 8.61. The summed E-state index contributed by atoms with van der Waals surface area (Å²) in [6.45, 7) is 0. The van der Waals surface area contributed by atoms with Crippen molar-refractivity contribution in [2.75, 3.05) is 5.75 Å². The fourth-order valence-electron chi connectivity index (χ4n) is 2.02. The zero-order chi connectivity index (χ0) is 8.39. The molecule has 0 saturated heterocycles. The predicted octanol–water partition coefficient (Wildman–Crippen LogP) is 2.77. The van der Waals surface area contributed by atoms with E-state index in [1.807, 2.05) is 6.08 Å². The smallest absolute Gasteiger partial charge is 0.166 e. The van der Waals surface area contributed by atoms with Gasteiger partial charge in [-0.25, -0.2) is 0 Å². The van der Waals surface area contributed by atoms with E-state index in [-0.39, 0.29) is 0 Å². The Morgan fingerprint density at radius 2 is 2.00 bits per heavy atom. The Morgan fingerprint density at radius 1 is 1.25 bits per heavy atom. The van der Waals surface area contributed by atoms with Gasteiger partial charge in [-0.3, -0.25) is 4.79 Å². The minimum atomic E-state index is 0.320. The number of ketones is 1. The number of carbonyl (C=O) groups excluding carboxylic acids is 1. The molecule has 0 atom stereocenters. The Morgan fingerprint density at radius 3 is 2.58 bits per heavy atom. The van der Waals surface area contributed by atoms with Crippen molar-refractivity contribution in [3.8, 4) is 0 Å². The molecule has 0 radical (unpaired) electrons. The van der Waals surface area contributed by atoms with Crippen molar-refractivity contribution in [3.05, 3.63) is 11.0 Å².